The van der Waals surface area contributed by atoms with Gasteiger partial charge in [-0.25, -0.2) is 3.15 Å². The molecule has 11 heteroatoms. The quantitative estimate of drug-likeness (QED) is 0.0608. The molecule has 0 atom stereocenters. The lowest BCUT2D eigenvalue weighted by Gasteiger charge is -2.30. The van der Waals surface area contributed by atoms with E-state index in [4.69, 9.17) is 18.1 Å². The Kier molecular flexibility index (Phi) is 14.8. The van der Waals surface area contributed by atoms with Gasteiger partial charge < -0.3 is 14.5 Å². The lowest BCUT2D eigenvalue weighted by molar-refractivity contribution is 0.103. The first-order chi connectivity index (χ1) is 38.1. The third-order valence-electron chi connectivity index (χ3n) is 14.3. The van der Waals surface area contributed by atoms with Gasteiger partial charge in [0.2, 0.25) is 0 Å². The highest BCUT2D eigenvalue weighted by Crippen LogP contribution is 2.59. The third kappa shape index (κ3) is 11.1. The summed E-state index contributed by atoms with van der Waals surface area (Å²) in [5.41, 5.74) is 17.6. The number of ketones is 2. The molecule has 0 bridgehead atoms. The molecule has 9 aromatic carbocycles. The fraction of sp³-hybridized carbons (Fsp3) is 0.176. The average molecular weight is 1170 g/mol. The van der Waals surface area contributed by atoms with Crippen LogP contribution < -0.4 is 9.80 Å². The number of para-hydroxylation sites is 2. The number of rotatable bonds is 14. The molecular weight excluding hydrogens is 1110 g/mol. The molecule has 9 nitrogen and oxygen atoms in total. The van der Waals surface area contributed by atoms with Crippen molar-refractivity contribution < 1.29 is 9.59 Å². The van der Waals surface area contributed by atoms with Gasteiger partial charge in [0.25, 0.3) is 0 Å². The predicted molar refractivity (Wildman–Crippen MR) is 336 cm³/mol. The van der Waals surface area contributed by atoms with Crippen molar-refractivity contribution in [1.82, 2.24) is 15.0 Å². The van der Waals surface area contributed by atoms with Crippen molar-refractivity contribution >= 4 is 96.9 Å². The Morgan fingerprint density at radius 3 is 1.20 bits per heavy atom. The van der Waals surface area contributed by atoms with Crippen LogP contribution in [0.25, 0.3) is 38.0 Å². The molecule has 0 saturated heterocycles. The minimum Gasteiger partial charge on any atom is -0.619 e. The zero-order valence-corrected chi connectivity index (χ0v) is 48.6. The molecule has 0 amide bonds. The molecule has 1 aromatic heterocycles. The number of aromatic nitrogens is 3. The molecule has 0 aliphatic carbocycles. The van der Waals surface area contributed by atoms with Crippen LogP contribution in [-0.2, 0) is 17.4 Å². The van der Waals surface area contributed by atoms with E-state index in [9.17, 15) is 9.59 Å². The van der Waals surface area contributed by atoms with Crippen LogP contribution in [0.3, 0.4) is 0 Å². The fourth-order valence-corrected chi connectivity index (χ4v) is 12.6. The van der Waals surface area contributed by atoms with Gasteiger partial charge in [0.15, 0.2) is 11.6 Å². The number of nitrogens with zero attached hydrogens (tertiary/aromatic N) is 7. The lowest BCUT2D eigenvalue weighted by Crippen LogP contribution is -2.12. The monoisotopic (exact) mass is 1170 g/mol. The third-order valence-corrected chi connectivity index (χ3v) is 16.9. The maximum atomic E-state index is 13.7. The van der Waals surface area contributed by atoms with Crippen molar-refractivity contribution in [2.24, 2.45) is 9.06 Å². The zero-order valence-electron chi connectivity index (χ0n) is 45.6. The van der Waals surface area contributed by atoms with Gasteiger partial charge in [0.1, 0.15) is 11.0 Å². The van der Waals surface area contributed by atoms with E-state index in [1.54, 1.807) is 0 Å². The highest BCUT2D eigenvalue weighted by atomic mass is 127. The molecule has 10 aromatic rings. The molecule has 0 radical (unpaired) electrons. The maximum absolute atomic E-state index is 13.7. The Labute approximate surface area is 476 Å². The summed E-state index contributed by atoms with van der Waals surface area (Å²) in [5, 5.41) is 10.5. The van der Waals surface area contributed by atoms with Crippen molar-refractivity contribution in [1.29, 1.82) is 0 Å². The molecule has 2 heterocycles. The Morgan fingerprint density at radius 1 is 0.481 bits per heavy atom. The summed E-state index contributed by atoms with van der Waals surface area (Å²) in [7, 11) is 1.54. The van der Waals surface area contributed by atoms with Crippen LogP contribution >= 0.6 is 28.8 Å². The minimum atomic E-state index is -0.671. The topological polar surface area (TPSA) is 97.8 Å². The first-order valence-corrected chi connectivity index (χ1v) is 31.0. The summed E-state index contributed by atoms with van der Waals surface area (Å²) in [6.45, 7) is 18.0. The molecule has 1 aliphatic heterocycles. The number of fused-ring (bicyclic) bond motifs is 2. The SMILES string of the molecule is CC(C)Cn1nc2c(-c3ccc(N(c4ccccc4)c4ccc(C(=O)c5ccc(C(C)(C)C)cc5)cc4)cc3)c3c(c(-c4ccc(N(c5ccccc5)c5ccc(C(=O)c6ccc(C(C)(C)C)cc6)cc5)cc4)c2n1)[N-]SI=N3. The summed E-state index contributed by atoms with van der Waals surface area (Å²) in [6.07, 6.45) is 0. The summed E-state index contributed by atoms with van der Waals surface area (Å²) in [6, 6.07) is 69.4. The number of hydrogen-bond acceptors (Lipinski definition) is 8. The lowest BCUT2D eigenvalue weighted by atomic mass is 9.86. The molecule has 0 fully saturated rings. The van der Waals surface area contributed by atoms with E-state index < -0.39 is 19.6 Å². The number of carbonyl (C=O) groups excluding carboxylic acids is 2. The van der Waals surface area contributed by atoms with Gasteiger partial charge in [-0.3, -0.25) is 9.59 Å². The first-order valence-electron chi connectivity index (χ1n) is 26.7. The number of carbonyl (C=O) groups is 2. The van der Waals surface area contributed by atoms with Crippen LogP contribution in [0.5, 0.6) is 0 Å². The molecule has 0 saturated carbocycles. The first kappa shape index (κ1) is 53.0. The Balaban J connectivity index is 0.937. The number of hydrogen-bond donors (Lipinski definition) is 0. The van der Waals surface area contributed by atoms with Gasteiger partial charge in [0, 0.05) is 81.6 Å². The van der Waals surface area contributed by atoms with E-state index in [0.29, 0.717) is 34.7 Å². The van der Waals surface area contributed by atoms with Crippen molar-refractivity contribution in [2.45, 2.75) is 72.8 Å². The highest BCUT2D eigenvalue weighted by molar-refractivity contribution is 14.2. The molecule has 0 N–H and O–H groups in total. The second-order valence-electron chi connectivity index (χ2n) is 22.4. The maximum Gasteiger partial charge on any atom is 0.193 e. The van der Waals surface area contributed by atoms with Crippen molar-refractivity contribution in [2.75, 3.05) is 9.80 Å². The van der Waals surface area contributed by atoms with E-state index >= 15 is 0 Å². The standard InChI is InChI=1S/C68H61IN7O2S/c1-44(2)43-74-71-62-59(45-23-35-55(36-24-45)75(53-15-11-9-12-16-53)57-39-27-49(28-40-57)65(77)47-19-31-51(32-20-47)67(3,4)5)61-64(73-79-69-70-61)60(63(62)72-74)46-25-37-56(38-26-46)76(54-17-13-10-14-18-54)58-41-29-50(30-42-58)66(78)48-21-33-52(34-22-48)68(6,7)8/h9-42,44H,43H2,1-8H3/q-1. The molecule has 0 unspecified atom stereocenters. The summed E-state index contributed by atoms with van der Waals surface area (Å²) >= 11 is -0.671. The second kappa shape index (κ2) is 22.0. The summed E-state index contributed by atoms with van der Waals surface area (Å²) < 4.78 is 10.5. The van der Waals surface area contributed by atoms with Gasteiger partial charge in [-0.1, -0.05) is 170 Å². The van der Waals surface area contributed by atoms with Crippen molar-refractivity contribution in [3.8, 4) is 22.3 Å². The molecule has 394 valence electrons. The van der Waals surface area contributed by atoms with Gasteiger partial charge in [-0.05, 0) is 142 Å². The molecule has 0 spiro atoms. The van der Waals surface area contributed by atoms with Gasteiger partial charge in [-0.2, -0.15) is 24.1 Å². The molecular formula is C68H61IN7O2S-. The number of anilines is 6. The van der Waals surface area contributed by atoms with Crippen molar-refractivity contribution in [3.63, 3.8) is 0 Å². The Bertz CT molecular complexity index is 3850. The molecule has 1 aliphatic rings. The van der Waals surface area contributed by atoms with Crippen LogP contribution in [0, 0.1) is 5.92 Å². The Morgan fingerprint density at radius 2 is 0.823 bits per heavy atom. The van der Waals surface area contributed by atoms with Gasteiger partial charge in [-0.15, -0.1) is 0 Å². The smallest absolute Gasteiger partial charge is 0.193 e. The highest BCUT2D eigenvalue weighted by Gasteiger charge is 2.25. The van der Waals surface area contributed by atoms with Crippen LogP contribution in [-0.4, -0.2) is 26.6 Å². The predicted octanol–water partition coefficient (Wildman–Crippen LogP) is 19.8. The van der Waals surface area contributed by atoms with Crippen molar-refractivity contribution in [3.05, 3.63) is 244 Å². The van der Waals surface area contributed by atoms with Crippen LogP contribution in [0.1, 0.15) is 98.4 Å². The van der Waals surface area contributed by atoms with E-state index in [1.807, 2.05) is 114 Å². The van der Waals surface area contributed by atoms with Crippen LogP contribution in [0.4, 0.5) is 45.5 Å². The summed E-state index contributed by atoms with van der Waals surface area (Å²) in [4.78, 5) is 33.7. The molecule has 79 heavy (non-hydrogen) atoms. The summed E-state index contributed by atoms with van der Waals surface area (Å²) in [5.74, 6) is 0.291. The Hall–Kier alpha value is -8.00. The zero-order chi connectivity index (χ0) is 55.0. The minimum absolute atomic E-state index is 0.00301. The fourth-order valence-electron chi connectivity index (χ4n) is 10.1. The van der Waals surface area contributed by atoms with E-state index in [0.717, 1.165) is 78.8 Å². The van der Waals surface area contributed by atoms with Gasteiger partial charge >= 0.3 is 0 Å². The normalized spacial score (nSPS) is 12.4. The number of benzene rings is 9. The van der Waals surface area contributed by atoms with Crippen LogP contribution in [0.15, 0.2) is 209 Å². The van der Waals surface area contributed by atoms with Gasteiger partial charge in [0.05, 0.1) is 12.2 Å². The van der Waals surface area contributed by atoms with E-state index in [-0.39, 0.29) is 22.4 Å². The largest absolute Gasteiger partial charge is 0.619 e. The van der Waals surface area contributed by atoms with E-state index in [2.05, 4.69) is 162 Å². The number of halogens is 1. The van der Waals surface area contributed by atoms with Crippen LogP contribution in [0.2, 0.25) is 0 Å². The molecule has 11 rings (SSSR count). The average Bonchev–Trinajstić information content (AvgIpc) is 3.93. The van der Waals surface area contributed by atoms with E-state index in [1.165, 1.54) is 20.2 Å². The second-order valence-corrected chi connectivity index (χ2v) is 25.8.